The molecule has 1 amide bonds. The Morgan fingerprint density at radius 2 is 1.74 bits per heavy atom. The van der Waals surface area contributed by atoms with Crippen LogP contribution in [0.2, 0.25) is 0 Å². The molecule has 3 aliphatic rings. The molecule has 0 radical (unpaired) electrons. The van der Waals surface area contributed by atoms with Crippen LogP contribution in [0.1, 0.15) is 72.1 Å². The van der Waals surface area contributed by atoms with E-state index in [2.05, 4.69) is 5.32 Å². The third-order valence-electron chi connectivity index (χ3n) is 6.11. The van der Waals surface area contributed by atoms with Crippen molar-refractivity contribution in [3.05, 3.63) is 0 Å². The van der Waals surface area contributed by atoms with E-state index in [-0.39, 0.29) is 6.09 Å². The van der Waals surface area contributed by atoms with E-state index in [0.29, 0.717) is 12.1 Å². The van der Waals surface area contributed by atoms with Crippen LogP contribution in [0.25, 0.3) is 0 Å². The number of nitrogens with one attached hydrogen (secondary N) is 1. The maximum Gasteiger partial charge on any atom is 0.410 e. The second kappa shape index (κ2) is 6.62. The lowest BCUT2D eigenvalue weighted by molar-refractivity contribution is 0.0177. The summed E-state index contributed by atoms with van der Waals surface area (Å²) >= 11 is 0. The quantitative estimate of drug-likeness (QED) is 0.855. The molecule has 0 spiro atoms. The van der Waals surface area contributed by atoms with Crippen molar-refractivity contribution in [2.24, 2.45) is 11.8 Å². The summed E-state index contributed by atoms with van der Waals surface area (Å²) < 4.78 is 5.49. The molecular weight excluding hydrogens is 288 g/mol. The SMILES string of the molecule is CN(C(=O)OC(C)(C)C)C1CCC(NC2CC3CCC2C3)CC1. The Kier molecular flexibility index (Phi) is 4.91. The van der Waals surface area contributed by atoms with Gasteiger partial charge in [0.1, 0.15) is 5.60 Å². The maximum absolute atomic E-state index is 12.2. The van der Waals surface area contributed by atoms with Gasteiger partial charge in [-0.25, -0.2) is 4.79 Å². The van der Waals surface area contributed by atoms with Crippen molar-refractivity contribution in [3.8, 4) is 0 Å². The number of ether oxygens (including phenoxy) is 1. The van der Waals surface area contributed by atoms with Crippen LogP contribution < -0.4 is 5.32 Å². The standard InChI is InChI=1S/C19H34N2O2/c1-19(2,3)23-18(22)21(4)16-9-7-15(8-10-16)20-17-12-13-5-6-14(17)11-13/h13-17,20H,5-12H2,1-4H3. The first kappa shape index (κ1) is 17.1. The normalized spacial score (nSPS) is 37.0. The highest BCUT2D eigenvalue weighted by Gasteiger charge is 2.40. The van der Waals surface area contributed by atoms with Crippen LogP contribution in [0, 0.1) is 11.8 Å². The third-order valence-corrected chi connectivity index (χ3v) is 6.11. The molecule has 0 aromatic rings. The van der Waals surface area contributed by atoms with E-state index in [4.69, 9.17) is 4.74 Å². The van der Waals surface area contributed by atoms with Gasteiger partial charge >= 0.3 is 6.09 Å². The number of hydrogen-bond donors (Lipinski definition) is 1. The molecule has 3 atom stereocenters. The molecule has 0 aromatic carbocycles. The largest absolute Gasteiger partial charge is 0.444 e. The van der Waals surface area contributed by atoms with E-state index in [9.17, 15) is 4.79 Å². The van der Waals surface area contributed by atoms with Crippen LogP contribution in [0.4, 0.5) is 4.79 Å². The first-order valence-corrected chi connectivity index (χ1v) is 9.53. The van der Waals surface area contributed by atoms with Gasteiger partial charge in [-0.3, -0.25) is 0 Å². The minimum absolute atomic E-state index is 0.179. The predicted octanol–water partition coefficient (Wildman–Crippen LogP) is 3.94. The molecule has 132 valence electrons. The lowest BCUT2D eigenvalue weighted by Gasteiger charge is -2.37. The lowest BCUT2D eigenvalue weighted by atomic mass is 9.88. The molecule has 2 bridgehead atoms. The molecule has 23 heavy (non-hydrogen) atoms. The second-order valence-electron chi connectivity index (χ2n) is 9.04. The van der Waals surface area contributed by atoms with Crippen molar-refractivity contribution in [2.75, 3.05) is 7.05 Å². The van der Waals surface area contributed by atoms with Crippen molar-refractivity contribution in [3.63, 3.8) is 0 Å². The number of nitrogens with zero attached hydrogens (tertiary/aromatic N) is 1. The highest BCUT2D eigenvalue weighted by Crippen LogP contribution is 2.45. The Hall–Kier alpha value is -0.770. The van der Waals surface area contributed by atoms with Crippen LogP contribution in [-0.4, -0.2) is 41.8 Å². The molecule has 4 nitrogen and oxygen atoms in total. The molecule has 3 unspecified atom stereocenters. The summed E-state index contributed by atoms with van der Waals surface area (Å²) in [6, 6.07) is 1.77. The van der Waals surface area contributed by atoms with E-state index in [1.54, 1.807) is 0 Å². The topological polar surface area (TPSA) is 41.6 Å². The number of carbonyl (C=O) groups excluding carboxylic acids is 1. The zero-order valence-electron chi connectivity index (χ0n) is 15.3. The molecule has 3 fully saturated rings. The molecule has 0 aromatic heterocycles. The Bertz CT molecular complexity index is 424. The molecule has 4 heteroatoms. The predicted molar refractivity (Wildman–Crippen MR) is 92.4 cm³/mol. The first-order chi connectivity index (χ1) is 10.8. The summed E-state index contributed by atoms with van der Waals surface area (Å²) in [4.78, 5) is 14.0. The van der Waals surface area contributed by atoms with E-state index in [0.717, 1.165) is 30.7 Å². The van der Waals surface area contributed by atoms with Gasteiger partial charge in [0, 0.05) is 25.2 Å². The summed E-state index contributed by atoms with van der Waals surface area (Å²) in [5.74, 6) is 1.95. The molecule has 1 N–H and O–H groups in total. The van der Waals surface area contributed by atoms with Crippen molar-refractivity contribution >= 4 is 6.09 Å². The Balaban J connectivity index is 1.42. The second-order valence-corrected chi connectivity index (χ2v) is 9.04. The molecule has 3 aliphatic carbocycles. The van der Waals surface area contributed by atoms with Crippen molar-refractivity contribution in [1.82, 2.24) is 10.2 Å². The summed E-state index contributed by atoms with van der Waals surface area (Å²) in [6.07, 6.45) is 10.2. The Labute approximate surface area is 141 Å². The van der Waals surface area contributed by atoms with Crippen LogP contribution in [0.5, 0.6) is 0 Å². The molecule has 3 saturated carbocycles. The number of carbonyl (C=O) groups is 1. The van der Waals surface area contributed by atoms with Gasteiger partial charge < -0.3 is 15.0 Å². The number of fused-ring (bicyclic) bond motifs is 2. The van der Waals surface area contributed by atoms with Gasteiger partial charge in [0.2, 0.25) is 0 Å². The number of hydrogen-bond acceptors (Lipinski definition) is 3. The fraction of sp³-hybridized carbons (Fsp3) is 0.947. The van der Waals surface area contributed by atoms with E-state index >= 15 is 0 Å². The maximum atomic E-state index is 12.2. The zero-order valence-corrected chi connectivity index (χ0v) is 15.3. The monoisotopic (exact) mass is 322 g/mol. The van der Waals surface area contributed by atoms with E-state index in [1.807, 2.05) is 32.7 Å². The summed E-state index contributed by atoms with van der Waals surface area (Å²) in [7, 11) is 1.89. The molecule has 0 aliphatic heterocycles. The van der Waals surface area contributed by atoms with Gasteiger partial charge in [-0.05, 0) is 77.6 Å². The van der Waals surface area contributed by atoms with E-state index in [1.165, 1.54) is 38.5 Å². The van der Waals surface area contributed by atoms with Crippen molar-refractivity contribution in [2.45, 2.75) is 95.9 Å². The molecule has 3 rings (SSSR count). The highest BCUT2D eigenvalue weighted by atomic mass is 16.6. The number of amides is 1. The fourth-order valence-corrected chi connectivity index (χ4v) is 4.86. The zero-order chi connectivity index (χ0) is 16.6. The van der Waals surface area contributed by atoms with Crippen LogP contribution in [0.15, 0.2) is 0 Å². The van der Waals surface area contributed by atoms with Crippen LogP contribution >= 0.6 is 0 Å². The Morgan fingerprint density at radius 3 is 2.26 bits per heavy atom. The average Bonchev–Trinajstić information content (AvgIpc) is 3.08. The molecule has 0 heterocycles. The van der Waals surface area contributed by atoms with Crippen molar-refractivity contribution < 1.29 is 9.53 Å². The van der Waals surface area contributed by atoms with E-state index < -0.39 is 5.60 Å². The van der Waals surface area contributed by atoms with Crippen LogP contribution in [0.3, 0.4) is 0 Å². The van der Waals surface area contributed by atoms with Gasteiger partial charge in [-0.15, -0.1) is 0 Å². The summed E-state index contributed by atoms with van der Waals surface area (Å²) in [5, 5.41) is 3.94. The smallest absolute Gasteiger partial charge is 0.410 e. The first-order valence-electron chi connectivity index (χ1n) is 9.53. The highest BCUT2D eigenvalue weighted by molar-refractivity contribution is 5.68. The average molecular weight is 322 g/mol. The summed E-state index contributed by atoms with van der Waals surface area (Å²) in [6.45, 7) is 5.78. The van der Waals surface area contributed by atoms with Gasteiger partial charge in [0.05, 0.1) is 0 Å². The van der Waals surface area contributed by atoms with Gasteiger partial charge in [-0.1, -0.05) is 6.42 Å². The molecule has 0 saturated heterocycles. The number of rotatable bonds is 3. The van der Waals surface area contributed by atoms with Gasteiger partial charge in [0.25, 0.3) is 0 Å². The van der Waals surface area contributed by atoms with Crippen LogP contribution in [-0.2, 0) is 4.74 Å². The minimum atomic E-state index is -0.411. The minimum Gasteiger partial charge on any atom is -0.444 e. The summed E-state index contributed by atoms with van der Waals surface area (Å²) in [5.41, 5.74) is -0.411. The molecular formula is C19H34N2O2. The van der Waals surface area contributed by atoms with Gasteiger partial charge in [-0.2, -0.15) is 0 Å². The van der Waals surface area contributed by atoms with Gasteiger partial charge in [0.15, 0.2) is 0 Å². The lowest BCUT2D eigenvalue weighted by Crippen LogP contribution is -2.47. The Morgan fingerprint density at radius 1 is 1.04 bits per heavy atom. The third kappa shape index (κ3) is 4.20. The fourth-order valence-electron chi connectivity index (χ4n) is 4.86. The van der Waals surface area contributed by atoms with Crippen molar-refractivity contribution in [1.29, 1.82) is 0 Å².